The van der Waals surface area contributed by atoms with Gasteiger partial charge < -0.3 is 24.9 Å². The van der Waals surface area contributed by atoms with Gasteiger partial charge in [0.05, 0.1) is 22.4 Å². The van der Waals surface area contributed by atoms with E-state index in [1.165, 1.54) is 16.6 Å². The minimum absolute atomic E-state index is 0.000623. The number of aliphatic hydroxyl groups is 1. The van der Waals surface area contributed by atoms with Crippen molar-refractivity contribution in [1.29, 1.82) is 0 Å². The highest BCUT2D eigenvalue weighted by Crippen LogP contribution is 2.37. The van der Waals surface area contributed by atoms with E-state index in [1.54, 1.807) is 42.5 Å². The Hall–Kier alpha value is -2.81. The molecule has 1 aromatic heterocycles. The van der Waals surface area contributed by atoms with Crippen LogP contribution < -0.4 is 15.5 Å². The number of fused-ring (bicyclic) bond motifs is 1. The average Bonchev–Trinajstić information content (AvgIpc) is 3.79. The summed E-state index contributed by atoms with van der Waals surface area (Å²) >= 11 is 0. The van der Waals surface area contributed by atoms with Crippen LogP contribution in [-0.2, 0) is 24.6 Å². The summed E-state index contributed by atoms with van der Waals surface area (Å²) in [5.74, 6) is 0.395. The van der Waals surface area contributed by atoms with Crippen LogP contribution >= 0.6 is 0 Å². The van der Waals surface area contributed by atoms with Gasteiger partial charge in [0, 0.05) is 42.8 Å². The first kappa shape index (κ1) is 29.3. The van der Waals surface area contributed by atoms with Gasteiger partial charge >= 0.3 is 0 Å². The van der Waals surface area contributed by atoms with Gasteiger partial charge in [0.15, 0.2) is 9.84 Å². The molecule has 226 valence electrons. The summed E-state index contributed by atoms with van der Waals surface area (Å²) in [7, 11) is -7.29. The monoisotopic (exact) mass is 617 g/mol. The van der Waals surface area contributed by atoms with E-state index in [1.807, 2.05) is 0 Å². The highest BCUT2D eigenvalue weighted by molar-refractivity contribution is 7.92. The van der Waals surface area contributed by atoms with E-state index in [9.17, 15) is 26.7 Å². The summed E-state index contributed by atoms with van der Waals surface area (Å²) in [6, 6.07) is 13.2. The molecular weight excluding hydrogens is 582 g/mol. The summed E-state index contributed by atoms with van der Waals surface area (Å²) < 4.78 is 64.8. The zero-order chi connectivity index (χ0) is 29.5. The lowest BCUT2D eigenvalue weighted by Crippen LogP contribution is -2.47. The van der Waals surface area contributed by atoms with Crippen molar-refractivity contribution in [3.05, 3.63) is 65.0 Å². The molecule has 42 heavy (non-hydrogen) atoms. The van der Waals surface area contributed by atoms with E-state index in [4.69, 9.17) is 9.47 Å². The Labute approximate surface area is 244 Å². The molecular formula is C29H35N3O8S2. The van der Waals surface area contributed by atoms with Crippen LogP contribution in [0.2, 0.25) is 0 Å². The third kappa shape index (κ3) is 5.86. The summed E-state index contributed by atoms with van der Waals surface area (Å²) in [5, 5.41) is 13.8. The van der Waals surface area contributed by atoms with Crippen LogP contribution in [0.15, 0.2) is 69.3 Å². The highest BCUT2D eigenvalue weighted by Gasteiger charge is 2.45. The first-order valence-corrected chi connectivity index (χ1v) is 17.2. The second-order valence-electron chi connectivity index (χ2n) is 11.4. The van der Waals surface area contributed by atoms with Gasteiger partial charge in [0.1, 0.15) is 23.4 Å². The van der Waals surface area contributed by atoms with Crippen LogP contribution in [-0.4, -0.2) is 87.1 Å². The third-order valence-corrected chi connectivity index (χ3v) is 12.6. The van der Waals surface area contributed by atoms with Crippen molar-refractivity contribution in [2.75, 3.05) is 32.8 Å². The molecule has 1 unspecified atom stereocenters. The van der Waals surface area contributed by atoms with E-state index < -0.39 is 37.0 Å². The number of ether oxygens (including phenoxy) is 2. The zero-order valence-electron chi connectivity index (χ0n) is 23.1. The maximum absolute atomic E-state index is 13.3. The molecule has 3 fully saturated rings. The van der Waals surface area contributed by atoms with Crippen molar-refractivity contribution in [2.24, 2.45) is 0 Å². The van der Waals surface area contributed by atoms with Crippen LogP contribution in [0.4, 0.5) is 0 Å². The summed E-state index contributed by atoms with van der Waals surface area (Å²) in [5.41, 5.74) is -0.388. The van der Waals surface area contributed by atoms with Crippen molar-refractivity contribution >= 4 is 30.8 Å². The van der Waals surface area contributed by atoms with Crippen molar-refractivity contribution < 1.29 is 31.4 Å². The fourth-order valence-corrected chi connectivity index (χ4v) is 8.99. The lowest BCUT2D eigenvalue weighted by atomic mass is 9.88. The Morgan fingerprint density at radius 1 is 1.10 bits per heavy atom. The zero-order valence-corrected chi connectivity index (χ0v) is 24.7. The van der Waals surface area contributed by atoms with Gasteiger partial charge in [0.2, 0.25) is 15.5 Å². The smallest absolute Gasteiger partial charge is 0.248 e. The number of para-hydroxylation sites is 1. The number of nitrogens with zero attached hydrogens (tertiary/aromatic N) is 1. The van der Waals surface area contributed by atoms with Gasteiger partial charge in [-0.2, -0.15) is 4.31 Å². The van der Waals surface area contributed by atoms with Crippen molar-refractivity contribution in [3.63, 3.8) is 0 Å². The molecule has 3 N–H and O–H groups in total. The van der Waals surface area contributed by atoms with Crippen LogP contribution in [0.25, 0.3) is 10.9 Å². The third-order valence-electron chi connectivity index (χ3n) is 8.40. The molecule has 13 heteroatoms. The molecule has 6 rings (SSSR count). The highest BCUT2D eigenvalue weighted by atomic mass is 32.2. The topological polar surface area (TPSA) is 155 Å². The molecule has 11 nitrogen and oxygen atoms in total. The average molecular weight is 618 g/mol. The molecule has 3 heterocycles. The predicted octanol–water partition coefficient (Wildman–Crippen LogP) is 1.81. The molecule has 3 aromatic rings. The Bertz CT molecular complexity index is 1730. The van der Waals surface area contributed by atoms with E-state index in [0.717, 1.165) is 0 Å². The van der Waals surface area contributed by atoms with Gasteiger partial charge in [0.25, 0.3) is 0 Å². The number of aromatic amines is 1. The second-order valence-corrected chi connectivity index (χ2v) is 15.6. The molecule has 1 aliphatic carbocycles. The quantitative estimate of drug-likeness (QED) is 0.309. The van der Waals surface area contributed by atoms with Gasteiger partial charge in [-0.3, -0.25) is 4.79 Å². The molecule has 3 aliphatic rings. The fourth-order valence-electron chi connectivity index (χ4n) is 5.80. The molecule has 0 radical (unpaired) electrons. The largest absolute Gasteiger partial charge is 0.491 e. The molecule has 2 atom stereocenters. The number of nitrogens with one attached hydrogen (secondary N) is 2. The second kappa shape index (κ2) is 11.4. The summed E-state index contributed by atoms with van der Waals surface area (Å²) in [6.45, 7) is 1.18. The number of H-pyrrole nitrogens is 1. The maximum atomic E-state index is 13.3. The first-order chi connectivity index (χ1) is 20.1. The summed E-state index contributed by atoms with van der Waals surface area (Å²) in [6.07, 6.45) is 3.51. The number of sulfone groups is 1. The Morgan fingerprint density at radius 2 is 1.86 bits per heavy atom. The molecule has 0 amide bonds. The van der Waals surface area contributed by atoms with Gasteiger partial charge in [-0.05, 0) is 62.4 Å². The van der Waals surface area contributed by atoms with Crippen LogP contribution in [0.5, 0.6) is 5.75 Å². The lowest BCUT2D eigenvalue weighted by Gasteiger charge is -2.37. The number of rotatable bonds is 10. The van der Waals surface area contributed by atoms with Crippen molar-refractivity contribution in [3.8, 4) is 5.75 Å². The number of pyridine rings is 1. The summed E-state index contributed by atoms with van der Waals surface area (Å²) in [4.78, 5) is 15.8. The maximum Gasteiger partial charge on any atom is 0.248 e. The molecule has 1 saturated carbocycles. The van der Waals surface area contributed by atoms with Crippen molar-refractivity contribution in [2.45, 2.75) is 64.9 Å². The van der Waals surface area contributed by atoms with E-state index in [0.29, 0.717) is 55.4 Å². The fraction of sp³-hybridized carbons (Fsp3) is 0.483. The minimum atomic E-state index is -3.97. The van der Waals surface area contributed by atoms with Gasteiger partial charge in [-0.1, -0.05) is 18.2 Å². The normalized spacial score (nSPS) is 22.0. The van der Waals surface area contributed by atoms with Gasteiger partial charge in [-0.25, -0.2) is 16.8 Å². The van der Waals surface area contributed by atoms with Crippen LogP contribution in [0.1, 0.15) is 32.1 Å². The number of aliphatic hydroxyl groups excluding tert-OH is 1. The number of aromatic nitrogens is 1. The molecule has 2 saturated heterocycles. The van der Waals surface area contributed by atoms with Crippen molar-refractivity contribution in [1.82, 2.24) is 14.6 Å². The number of sulfonamides is 1. The predicted molar refractivity (Wildman–Crippen MR) is 156 cm³/mol. The minimum Gasteiger partial charge on any atom is -0.491 e. The number of hydrogen-bond acceptors (Lipinski definition) is 9. The number of hydrogen-bond donors (Lipinski definition) is 3. The SMILES string of the molecule is O=c1c(S(=O)(=O)N2CCC3(CC2)CC(NC[C@H](O)COc2cccc(S(=O)(=O)C4CC4)c2)CO3)c[nH]c2ccccc12. The molecule has 2 aliphatic heterocycles. The first-order valence-electron chi connectivity index (χ1n) is 14.2. The molecule has 0 bridgehead atoms. The lowest BCUT2D eigenvalue weighted by molar-refractivity contribution is -0.0312. The Kier molecular flexibility index (Phi) is 7.92. The Morgan fingerprint density at radius 3 is 2.62 bits per heavy atom. The van der Waals surface area contributed by atoms with Crippen LogP contribution in [0, 0.1) is 0 Å². The number of piperidine rings is 1. The van der Waals surface area contributed by atoms with Gasteiger partial charge in [-0.15, -0.1) is 0 Å². The number of benzene rings is 2. The standard InChI is InChI=1S/C29H35N3O8S2/c33-21(19-39-22-4-3-5-24(14-22)41(35,36)23-8-9-23)16-30-20-15-29(40-18-20)10-12-32(13-11-29)42(37,38)27-17-31-26-7-2-1-6-25(26)28(27)34/h1-7,14,17,20-21,23,30,33H,8-13,15-16,18-19H2,(H,31,34)/t20?,21-/m0/s1. The van der Waals surface area contributed by atoms with Crippen LogP contribution in [0.3, 0.4) is 0 Å². The Balaban J connectivity index is 0.986. The molecule has 1 spiro atoms. The van der Waals surface area contributed by atoms with E-state index >= 15 is 0 Å². The van der Waals surface area contributed by atoms with E-state index in [2.05, 4.69) is 10.3 Å². The van der Waals surface area contributed by atoms with E-state index in [-0.39, 0.29) is 47.3 Å². The molecule has 2 aromatic carbocycles.